The number of ether oxygens (including phenoxy) is 3. The standard InChI is InChI=1S/C9H22O4Si/c1-5-6-7-8(13-14)9(10-2,11-3)12-4/h8H,5-7H2,1-4,14H3. The first-order valence-corrected chi connectivity index (χ1v) is 5.70. The zero-order chi connectivity index (χ0) is 11.0. The summed E-state index contributed by atoms with van der Waals surface area (Å²) in [5.41, 5.74) is 0. The Morgan fingerprint density at radius 3 is 1.93 bits per heavy atom. The first kappa shape index (κ1) is 14.1. The van der Waals surface area contributed by atoms with E-state index in [1.807, 2.05) is 0 Å². The van der Waals surface area contributed by atoms with Gasteiger partial charge in [0.1, 0.15) is 16.6 Å². The highest BCUT2D eigenvalue weighted by Crippen LogP contribution is 2.23. The molecule has 0 bridgehead atoms. The van der Waals surface area contributed by atoms with E-state index in [2.05, 4.69) is 6.92 Å². The third kappa shape index (κ3) is 3.32. The molecule has 0 radical (unpaired) electrons. The first-order valence-electron chi connectivity index (χ1n) is 4.89. The van der Waals surface area contributed by atoms with Gasteiger partial charge in [0.25, 0.3) is 0 Å². The molecule has 0 heterocycles. The molecule has 0 aromatic carbocycles. The van der Waals surface area contributed by atoms with Crippen molar-refractivity contribution in [2.45, 2.75) is 38.3 Å². The maximum Gasteiger partial charge on any atom is 0.308 e. The van der Waals surface area contributed by atoms with Crippen LogP contribution in [0.3, 0.4) is 0 Å². The molecule has 0 fully saturated rings. The van der Waals surface area contributed by atoms with E-state index in [-0.39, 0.29) is 6.10 Å². The predicted octanol–water partition coefficient (Wildman–Crippen LogP) is 0.435. The van der Waals surface area contributed by atoms with Gasteiger partial charge >= 0.3 is 5.97 Å². The van der Waals surface area contributed by atoms with Crippen LogP contribution in [0.25, 0.3) is 0 Å². The molecule has 0 aliphatic heterocycles. The Labute approximate surface area is 89.4 Å². The topological polar surface area (TPSA) is 36.9 Å². The minimum absolute atomic E-state index is 0.144. The summed E-state index contributed by atoms with van der Waals surface area (Å²) in [4.78, 5) is 0. The number of hydrogen-bond acceptors (Lipinski definition) is 4. The van der Waals surface area contributed by atoms with Crippen molar-refractivity contribution in [3.63, 3.8) is 0 Å². The maximum atomic E-state index is 5.45. The van der Waals surface area contributed by atoms with Crippen LogP contribution in [0.2, 0.25) is 0 Å². The second-order valence-electron chi connectivity index (χ2n) is 3.08. The van der Waals surface area contributed by atoms with Gasteiger partial charge in [-0.05, 0) is 6.42 Å². The third-order valence-corrected chi connectivity index (χ3v) is 2.92. The normalized spacial score (nSPS) is 14.6. The Balaban J connectivity index is 4.40. The number of hydrogen-bond donors (Lipinski definition) is 0. The van der Waals surface area contributed by atoms with Crippen LogP contribution in [-0.4, -0.2) is 43.9 Å². The molecule has 5 heteroatoms. The van der Waals surface area contributed by atoms with Gasteiger partial charge in [-0.3, -0.25) is 0 Å². The lowest BCUT2D eigenvalue weighted by Gasteiger charge is -2.35. The van der Waals surface area contributed by atoms with Gasteiger partial charge in [0.05, 0.1) is 0 Å². The summed E-state index contributed by atoms with van der Waals surface area (Å²) in [7, 11) is 5.33. The van der Waals surface area contributed by atoms with Crippen molar-refractivity contribution in [1.29, 1.82) is 0 Å². The van der Waals surface area contributed by atoms with Gasteiger partial charge in [-0.2, -0.15) is 0 Å². The van der Waals surface area contributed by atoms with Crippen LogP contribution < -0.4 is 0 Å². The van der Waals surface area contributed by atoms with Crippen molar-refractivity contribution < 1.29 is 18.6 Å². The summed E-state index contributed by atoms with van der Waals surface area (Å²) in [6.45, 7) is 2.14. The van der Waals surface area contributed by atoms with Crippen LogP contribution in [0.1, 0.15) is 26.2 Å². The molecule has 0 aliphatic carbocycles. The van der Waals surface area contributed by atoms with Gasteiger partial charge in [-0.15, -0.1) is 0 Å². The lowest BCUT2D eigenvalue weighted by atomic mass is 10.1. The molecule has 0 aromatic heterocycles. The maximum absolute atomic E-state index is 5.45. The summed E-state index contributed by atoms with van der Waals surface area (Å²) in [5.74, 6) is -1.04. The quantitative estimate of drug-likeness (QED) is 0.441. The van der Waals surface area contributed by atoms with Crippen molar-refractivity contribution in [3.05, 3.63) is 0 Å². The molecule has 4 nitrogen and oxygen atoms in total. The Kier molecular flexibility index (Phi) is 7.39. The third-order valence-electron chi connectivity index (χ3n) is 2.35. The van der Waals surface area contributed by atoms with Crippen LogP contribution in [0.15, 0.2) is 0 Å². The molecule has 0 rings (SSSR count). The van der Waals surface area contributed by atoms with E-state index in [1.165, 1.54) is 0 Å². The highest BCUT2D eigenvalue weighted by Gasteiger charge is 2.39. The highest BCUT2D eigenvalue weighted by atomic mass is 28.2. The Morgan fingerprint density at radius 2 is 1.64 bits per heavy atom. The zero-order valence-electron chi connectivity index (χ0n) is 9.83. The molecular formula is C9H22O4Si. The van der Waals surface area contributed by atoms with Crippen LogP contribution in [0, 0.1) is 0 Å². The number of unbranched alkanes of at least 4 members (excludes halogenated alkanes) is 1. The van der Waals surface area contributed by atoms with E-state index < -0.39 is 5.97 Å². The Morgan fingerprint density at radius 1 is 1.14 bits per heavy atom. The summed E-state index contributed by atoms with van der Waals surface area (Å²) in [6, 6.07) is 0. The van der Waals surface area contributed by atoms with Gasteiger partial charge in [0.2, 0.25) is 0 Å². The molecule has 1 atom stereocenters. The average Bonchev–Trinajstić information content (AvgIpc) is 2.25. The van der Waals surface area contributed by atoms with Crippen LogP contribution in [-0.2, 0) is 18.6 Å². The second kappa shape index (κ2) is 7.36. The molecule has 86 valence electrons. The molecule has 0 aromatic rings. The SMILES string of the molecule is CCCCC(O[SiH3])C(OC)(OC)OC. The van der Waals surface area contributed by atoms with E-state index in [1.54, 1.807) is 21.3 Å². The van der Waals surface area contributed by atoms with Crippen molar-refractivity contribution in [2.24, 2.45) is 0 Å². The largest absolute Gasteiger partial charge is 0.417 e. The van der Waals surface area contributed by atoms with Gasteiger partial charge < -0.3 is 18.6 Å². The van der Waals surface area contributed by atoms with Crippen LogP contribution in [0.4, 0.5) is 0 Å². The van der Waals surface area contributed by atoms with Crippen LogP contribution >= 0.6 is 0 Å². The van der Waals surface area contributed by atoms with Crippen molar-refractivity contribution >= 4 is 10.5 Å². The monoisotopic (exact) mass is 222 g/mol. The second-order valence-corrected chi connectivity index (χ2v) is 3.55. The molecule has 0 spiro atoms. The molecule has 0 saturated carbocycles. The van der Waals surface area contributed by atoms with Crippen molar-refractivity contribution in [2.75, 3.05) is 21.3 Å². The minimum atomic E-state index is -1.04. The summed E-state index contributed by atoms with van der Waals surface area (Å²) < 4.78 is 21.2. The minimum Gasteiger partial charge on any atom is -0.417 e. The predicted molar refractivity (Wildman–Crippen MR) is 58.1 cm³/mol. The zero-order valence-corrected chi connectivity index (χ0v) is 11.8. The number of methoxy groups -OCH3 is 3. The fourth-order valence-corrected chi connectivity index (χ4v) is 2.00. The fraction of sp³-hybridized carbons (Fsp3) is 1.00. The van der Waals surface area contributed by atoms with E-state index in [9.17, 15) is 0 Å². The van der Waals surface area contributed by atoms with E-state index >= 15 is 0 Å². The molecule has 14 heavy (non-hydrogen) atoms. The molecule has 1 unspecified atom stereocenters. The average molecular weight is 222 g/mol. The molecular weight excluding hydrogens is 200 g/mol. The van der Waals surface area contributed by atoms with Gasteiger partial charge in [-0.1, -0.05) is 19.8 Å². The lowest BCUT2D eigenvalue weighted by Crippen LogP contribution is -2.48. The Bertz CT molecular complexity index is 131. The highest BCUT2D eigenvalue weighted by molar-refractivity contribution is 5.98. The smallest absolute Gasteiger partial charge is 0.308 e. The van der Waals surface area contributed by atoms with Gasteiger partial charge in [0, 0.05) is 21.3 Å². The van der Waals surface area contributed by atoms with E-state index in [0.29, 0.717) is 10.5 Å². The fourth-order valence-electron chi connectivity index (χ4n) is 1.47. The van der Waals surface area contributed by atoms with Crippen molar-refractivity contribution in [1.82, 2.24) is 0 Å². The van der Waals surface area contributed by atoms with E-state index in [4.69, 9.17) is 18.6 Å². The molecule has 0 N–H and O–H groups in total. The van der Waals surface area contributed by atoms with Gasteiger partial charge in [-0.25, -0.2) is 0 Å². The molecule has 0 amide bonds. The summed E-state index contributed by atoms with van der Waals surface area (Å²) in [5, 5.41) is 0. The van der Waals surface area contributed by atoms with Crippen LogP contribution in [0.5, 0.6) is 0 Å². The lowest BCUT2D eigenvalue weighted by molar-refractivity contribution is -0.384. The molecule has 0 saturated heterocycles. The Hall–Kier alpha value is 0.0569. The van der Waals surface area contributed by atoms with E-state index in [0.717, 1.165) is 19.3 Å². The first-order chi connectivity index (χ1) is 6.70. The molecule has 0 aliphatic rings. The number of rotatable bonds is 8. The van der Waals surface area contributed by atoms with Crippen molar-refractivity contribution in [3.8, 4) is 0 Å². The van der Waals surface area contributed by atoms with Gasteiger partial charge in [0.15, 0.2) is 0 Å². The summed E-state index contributed by atoms with van der Waals surface area (Å²) in [6.07, 6.45) is 2.93. The summed E-state index contributed by atoms with van der Waals surface area (Å²) >= 11 is 0.